The number of amides is 1. The number of thiazole rings is 1. The monoisotopic (exact) mass is 332 g/mol. The van der Waals surface area contributed by atoms with Crippen LogP contribution in [-0.4, -0.2) is 67.0 Å². The Morgan fingerprint density at radius 2 is 2.14 bits per heavy atom. The molecule has 7 nitrogen and oxygen atoms in total. The Kier molecular flexibility index (Phi) is 5.31. The number of carbonyl (C=O) groups excluding carboxylic acids is 1. The van der Waals surface area contributed by atoms with Crippen LogP contribution >= 0.6 is 11.3 Å². The van der Waals surface area contributed by atoms with E-state index in [4.69, 9.17) is 0 Å². The molecule has 1 aromatic rings. The molecule has 1 saturated heterocycles. The van der Waals surface area contributed by atoms with Gasteiger partial charge in [-0.15, -0.1) is 11.3 Å². The molecule has 2 heterocycles. The summed E-state index contributed by atoms with van der Waals surface area (Å²) in [6, 6.07) is -0.312. The molecule has 1 fully saturated rings. The Hall–Kier alpha value is -1.03. The molecular formula is C12H20N4O3S2. The van der Waals surface area contributed by atoms with Crippen molar-refractivity contribution in [3.8, 4) is 0 Å². The second kappa shape index (κ2) is 6.82. The normalized spacial score (nSPS) is 19.9. The number of anilines is 1. The van der Waals surface area contributed by atoms with Crippen molar-refractivity contribution < 1.29 is 13.2 Å². The zero-order valence-electron chi connectivity index (χ0n) is 12.2. The molecule has 0 bridgehead atoms. The van der Waals surface area contributed by atoms with Crippen molar-refractivity contribution >= 4 is 32.4 Å². The SMILES string of the molecule is CC(C(=O)Nc1nccs1)N1CCCN(S(C)(=O)=O)CC1. The second-order valence-corrected chi connectivity index (χ2v) is 7.93. The summed E-state index contributed by atoms with van der Waals surface area (Å²) in [7, 11) is -3.16. The van der Waals surface area contributed by atoms with Gasteiger partial charge < -0.3 is 5.32 Å². The summed E-state index contributed by atoms with van der Waals surface area (Å²) in [5.41, 5.74) is 0. The van der Waals surface area contributed by atoms with E-state index in [0.717, 1.165) is 6.42 Å². The van der Waals surface area contributed by atoms with Crippen molar-refractivity contribution in [1.82, 2.24) is 14.2 Å². The highest BCUT2D eigenvalue weighted by atomic mass is 32.2. The van der Waals surface area contributed by atoms with Crippen molar-refractivity contribution in [3.05, 3.63) is 11.6 Å². The van der Waals surface area contributed by atoms with Gasteiger partial charge in [0.2, 0.25) is 15.9 Å². The van der Waals surface area contributed by atoms with E-state index in [9.17, 15) is 13.2 Å². The predicted octanol–water partition coefficient (Wildman–Crippen LogP) is 0.437. The Labute approximate surface area is 129 Å². The Morgan fingerprint density at radius 1 is 1.38 bits per heavy atom. The summed E-state index contributed by atoms with van der Waals surface area (Å²) < 4.78 is 24.6. The fourth-order valence-electron chi connectivity index (χ4n) is 2.29. The molecule has 0 spiro atoms. The van der Waals surface area contributed by atoms with Crippen molar-refractivity contribution in [2.24, 2.45) is 0 Å². The van der Waals surface area contributed by atoms with Crippen molar-refractivity contribution in [2.45, 2.75) is 19.4 Å². The first-order valence-corrected chi connectivity index (χ1v) is 9.50. The lowest BCUT2D eigenvalue weighted by Crippen LogP contribution is -2.44. The molecule has 9 heteroatoms. The van der Waals surface area contributed by atoms with Crippen LogP contribution in [0.25, 0.3) is 0 Å². The molecule has 0 radical (unpaired) electrons. The van der Waals surface area contributed by atoms with Crippen molar-refractivity contribution in [3.63, 3.8) is 0 Å². The molecule has 1 amide bonds. The molecule has 1 aliphatic rings. The van der Waals surface area contributed by atoms with Gasteiger partial charge in [-0.2, -0.15) is 0 Å². The van der Waals surface area contributed by atoms with Gasteiger partial charge in [-0.1, -0.05) is 0 Å². The van der Waals surface area contributed by atoms with Crippen LogP contribution in [0.5, 0.6) is 0 Å². The fraction of sp³-hybridized carbons (Fsp3) is 0.667. The molecule has 0 saturated carbocycles. The van der Waals surface area contributed by atoms with E-state index in [-0.39, 0.29) is 11.9 Å². The number of rotatable bonds is 4. The third-order valence-corrected chi connectivity index (χ3v) is 5.54. The fourth-order valence-corrected chi connectivity index (χ4v) is 3.70. The number of aromatic nitrogens is 1. The van der Waals surface area contributed by atoms with E-state index >= 15 is 0 Å². The van der Waals surface area contributed by atoms with E-state index < -0.39 is 10.0 Å². The molecule has 0 aromatic carbocycles. The van der Waals surface area contributed by atoms with E-state index in [1.807, 2.05) is 11.8 Å². The number of hydrogen-bond acceptors (Lipinski definition) is 6. The van der Waals surface area contributed by atoms with Gasteiger partial charge in [0.1, 0.15) is 0 Å². The van der Waals surface area contributed by atoms with E-state index in [0.29, 0.717) is 31.3 Å². The van der Waals surface area contributed by atoms with E-state index in [1.165, 1.54) is 21.9 Å². The summed E-state index contributed by atoms with van der Waals surface area (Å²) in [6.45, 7) is 4.03. The van der Waals surface area contributed by atoms with Crippen LogP contribution in [0.2, 0.25) is 0 Å². The highest BCUT2D eigenvalue weighted by molar-refractivity contribution is 7.88. The van der Waals surface area contributed by atoms with Gasteiger partial charge in [0, 0.05) is 37.8 Å². The molecule has 1 aliphatic heterocycles. The molecule has 1 unspecified atom stereocenters. The number of nitrogens with one attached hydrogen (secondary N) is 1. The first kappa shape index (κ1) is 16.3. The van der Waals surface area contributed by atoms with E-state index in [1.54, 1.807) is 11.6 Å². The first-order chi connectivity index (χ1) is 9.88. The number of carbonyl (C=O) groups is 1. The van der Waals surface area contributed by atoms with Crippen LogP contribution in [0.4, 0.5) is 5.13 Å². The quantitative estimate of drug-likeness (QED) is 0.865. The predicted molar refractivity (Wildman–Crippen MR) is 82.8 cm³/mol. The lowest BCUT2D eigenvalue weighted by atomic mass is 10.2. The van der Waals surface area contributed by atoms with Crippen LogP contribution in [-0.2, 0) is 14.8 Å². The van der Waals surface area contributed by atoms with Gasteiger partial charge in [0.15, 0.2) is 5.13 Å². The zero-order valence-corrected chi connectivity index (χ0v) is 13.8. The zero-order chi connectivity index (χ0) is 15.5. The lowest BCUT2D eigenvalue weighted by Gasteiger charge is -2.26. The summed E-state index contributed by atoms with van der Waals surface area (Å²) >= 11 is 1.37. The number of sulfonamides is 1. The topological polar surface area (TPSA) is 82.6 Å². The smallest absolute Gasteiger partial charge is 0.243 e. The Morgan fingerprint density at radius 3 is 2.76 bits per heavy atom. The number of hydrogen-bond donors (Lipinski definition) is 1. The van der Waals surface area contributed by atoms with Gasteiger partial charge in [0.05, 0.1) is 12.3 Å². The van der Waals surface area contributed by atoms with Gasteiger partial charge >= 0.3 is 0 Å². The molecule has 2 rings (SSSR count). The second-order valence-electron chi connectivity index (χ2n) is 5.05. The highest BCUT2D eigenvalue weighted by Crippen LogP contribution is 2.14. The standard InChI is InChI=1S/C12H20N4O3S2/c1-10(11(17)14-12-13-4-9-20-12)15-5-3-6-16(8-7-15)21(2,18)19/h4,9-10H,3,5-8H2,1-2H3,(H,13,14,17). The number of nitrogens with zero attached hydrogens (tertiary/aromatic N) is 3. The molecule has 1 atom stereocenters. The summed E-state index contributed by atoms with van der Waals surface area (Å²) in [4.78, 5) is 18.2. The van der Waals surface area contributed by atoms with Crippen LogP contribution < -0.4 is 5.32 Å². The van der Waals surface area contributed by atoms with Crippen LogP contribution in [0.15, 0.2) is 11.6 Å². The minimum Gasteiger partial charge on any atom is -0.301 e. The lowest BCUT2D eigenvalue weighted by molar-refractivity contribution is -0.120. The van der Waals surface area contributed by atoms with Gasteiger partial charge in [-0.3, -0.25) is 9.69 Å². The average Bonchev–Trinajstić information content (AvgIpc) is 2.77. The summed E-state index contributed by atoms with van der Waals surface area (Å²) in [5.74, 6) is -0.113. The highest BCUT2D eigenvalue weighted by Gasteiger charge is 2.27. The maximum atomic E-state index is 12.2. The molecular weight excluding hydrogens is 312 g/mol. The summed E-state index contributed by atoms with van der Waals surface area (Å²) in [6.07, 6.45) is 3.59. The Bertz CT molecular complexity index is 573. The average molecular weight is 332 g/mol. The third kappa shape index (κ3) is 4.47. The third-order valence-electron chi connectivity index (χ3n) is 3.55. The van der Waals surface area contributed by atoms with Gasteiger partial charge in [-0.25, -0.2) is 17.7 Å². The van der Waals surface area contributed by atoms with E-state index in [2.05, 4.69) is 10.3 Å². The molecule has 21 heavy (non-hydrogen) atoms. The van der Waals surface area contributed by atoms with Crippen LogP contribution in [0.3, 0.4) is 0 Å². The maximum Gasteiger partial charge on any atom is 0.243 e. The van der Waals surface area contributed by atoms with Crippen LogP contribution in [0, 0.1) is 0 Å². The maximum absolute atomic E-state index is 12.2. The minimum atomic E-state index is -3.16. The molecule has 1 N–H and O–H groups in total. The Balaban J connectivity index is 1.93. The van der Waals surface area contributed by atoms with Crippen molar-refractivity contribution in [1.29, 1.82) is 0 Å². The first-order valence-electron chi connectivity index (χ1n) is 6.77. The van der Waals surface area contributed by atoms with Gasteiger partial charge in [0.25, 0.3) is 0 Å². The molecule has 118 valence electrons. The largest absolute Gasteiger partial charge is 0.301 e. The molecule has 0 aliphatic carbocycles. The summed E-state index contributed by atoms with van der Waals surface area (Å²) in [5, 5.41) is 5.16. The van der Waals surface area contributed by atoms with Crippen LogP contribution in [0.1, 0.15) is 13.3 Å². The minimum absolute atomic E-state index is 0.113. The molecule has 1 aromatic heterocycles. The van der Waals surface area contributed by atoms with Gasteiger partial charge in [-0.05, 0) is 13.3 Å². The van der Waals surface area contributed by atoms with Crippen molar-refractivity contribution in [2.75, 3.05) is 37.8 Å².